The van der Waals surface area contributed by atoms with Crippen molar-refractivity contribution >= 4 is 45.9 Å². The van der Waals surface area contributed by atoms with Gasteiger partial charge in [-0.25, -0.2) is 4.98 Å². The Balaban J connectivity index is 1.99. The highest BCUT2D eigenvalue weighted by Gasteiger charge is 2.13. The molecule has 1 aromatic carbocycles. The summed E-state index contributed by atoms with van der Waals surface area (Å²) in [6.45, 7) is 2.90. The van der Waals surface area contributed by atoms with Crippen molar-refractivity contribution in [2.75, 3.05) is 10.6 Å². The maximum Gasteiger partial charge on any atom is 0.221 e. The molecule has 0 atom stereocenters. The fraction of sp³-hybridized carbons (Fsp3) is 0.118. The molecule has 3 rings (SSSR count). The molecule has 2 amide bonds. The van der Waals surface area contributed by atoms with Crippen LogP contribution in [0.4, 0.5) is 11.4 Å². The number of carbonyl (C=O) groups is 2. The Labute approximate surface area is 147 Å². The summed E-state index contributed by atoms with van der Waals surface area (Å²) >= 11 is 3.20. The maximum absolute atomic E-state index is 11.5. The lowest BCUT2D eigenvalue weighted by atomic mass is 10.1. The van der Waals surface area contributed by atoms with Crippen LogP contribution >= 0.6 is 22.7 Å². The van der Waals surface area contributed by atoms with Gasteiger partial charge < -0.3 is 10.6 Å². The highest BCUT2D eigenvalue weighted by molar-refractivity contribution is 7.20. The summed E-state index contributed by atoms with van der Waals surface area (Å²) in [5, 5.41) is 10.5. The summed E-state index contributed by atoms with van der Waals surface area (Å²) in [6, 6.07) is 9.41. The van der Waals surface area contributed by atoms with Crippen molar-refractivity contribution in [3.8, 4) is 21.1 Å². The maximum atomic E-state index is 11.5. The second kappa shape index (κ2) is 6.94. The molecule has 0 saturated heterocycles. The Morgan fingerprint density at radius 3 is 2.50 bits per heavy atom. The van der Waals surface area contributed by atoms with Gasteiger partial charge in [-0.15, -0.1) is 22.7 Å². The highest BCUT2D eigenvalue weighted by atomic mass is 32.1. The van der Waals surface area contributed by atoms with E-state index in [0.29, 0.717) is 11.4 Å². The summed E-state index contributed by atoms with van der Waals surface area (Å²) < 4.78 is 0. The van der Waals surface area contributed by atoms with Gasteiger partial charge in [0.1, 0.15) is 5.01 Å². The fourth-order valence-electron chi connectivity index (χ4n) is 2.25. The standard InChI is InChI=1S/C17H15N3O2S2/c1-10(21)18-12-5-6-13(14(8-12)19-11(2)22)15-9-24-17(20-15)16-4-3-7-23-16/h3-9H,1-2H3,(H,18,21)(H,19,22). The predicted molar refractivity (Wildman–Crippen MR) is 99.5 cm³/mol. The van der Waals surface area contributed by atoms with Gasteiger partial charge in [-0.1, -0.05) is 6.07 Å². The van der Waals surface area contributed by atoms with Gasteiger partial charge in [-0.2, -0.15) is 0 Å². The van der Waals surface area contributed by atoms with Crippen molar-refractivity contribution < 1.29 is 9.59 Å². The first kappa shape index (κ1) is 16.4. The minimum Gasteiger partial charge on any atom is -0.326 e. The molecule has 0 aliphatic heterocycles. The molecule has 3 aromatic rings. The first-order valence-corrected chi connectivity index (χ1v) is 8.98. The van der Waals surface area contributed by atoms with Gasteiger partial charge in [0.25, 0.3) is 0 Å². The third-order valence-corrected chi connectivity index (χ3v) is 5.04. The number of benzene rings is 1. The zero-order valence-corrected chi connectivity index (χ0v) is 14.8. The number of thiophene rings is 1. The molecule has 0 fully saturated rings. The van der Waals surface area contributed by atoms with Crippen LogP contribution in [0, 0.1) is 0 Å². The third-order valence-electron chi connectivity index (χ3n) is 3.16. The van der Waals surface area contributed by atoms with E-state index in [1.54, 1.807) is 34.8 Å². The van der Waals surface area contributed by atoms with Crippen LogP contribution in [-0.4, -0.2) is 16.8 Å². The Hall–Kier alpha value is -2.51. The number of carbonyl (C=O) groups excluding carboxylic acids is 2. The van der Waals surface area contributed by atoms with Crippen LogP contribution in [0.25, 0.3) is 21.1 Å². The van der Waals surface area contributed by atoms with Crippen molar-refractivity contribution in [1.82, 2.24) is 4.98 Å². The van der Waals surface area contributed by atoms with Crippen LogP contribution in [0.1, 0.15) is 13.8 Å². The monoisotopic (exact) mass is 357 g/mol. The second-order valence-electron chi connectivity index (χ2n) is 5.14. The molecule has 24 heavy (non-hydrogen) atoms. The fourth-order valence-corrected chi connectivity index (χ4v) is 3.89. The van der Waals surface area contributed by atoms with Gasteiger partial charge in [0.15, 0.2) is 0 Å². The number of amides is 2. The van der Waals surface area contributed by atoms with Gasteiger partial charge in [-0.05, 0) is 29.6 Å². The van der Waals surface area contributed by atoms with Crippen LogP contribution in [0.15, 0.2) is 41.1 Å². The number of thiazole rings is 1. The van der Waals surface area contributed by atoms with E-state index in [1.807, 2.05) is 29.0 Å². The Kier molecular flexibility index (Phi) is 4.73. The SMILES string of the molecule is CC(=O)Nc1ccc(-c2csc(-c3cccs3)n2)c(NC(C)=O)c1. The van der Waals surface area contributed by atoms with E-state index in [9.17, 15) is 9.59 Å². The lowest BCUT2D eigenvalue weighted by molar-refractivity contribution is -0.115. The van der Waals surface area contributed by atoms with Gasteiger partial charge >= 0.3 is 0 Å². The molecule has 122 valence electrons. The number of hydrogen-bond donors (Lipinski definition) is 2. The minimum absolute atomic E-state index is 0.162. The molecule has 2 heterocycles. The first-order valence-electron chi connectivity index (χ1n) is 7.22. The summed E-state index contributed by atoms with van der Waals surface area (Å²) in [5.41, 5.74) is 2.86. The molecule has 2 aromatic heterocycles. The number of hydrogen-bond acceptors (Lipinski definition) is 5. The third kappa shape index (κ3) is 3.69. The quantitative estimate of drug-likeness (QED) is 0.724. The molecule has 5 nitrogen and oxygen atoms in total. The van der Waals surface area contributed by atoms with Crippen molar-refractivity contribution in [2.45, 2.75) is 13.8 Å². The lowest BCUT2D eigenvalue weighted by Crippen LogP contribution is -2.09. The van der Waals surface area contributed by atoms with E-state index in [4.69, 9.17) is 0 Å². The molecule has 0 bridgehead atoms. The minimum atomic E-state index is -0.176. The largest absolute Gasteiger partial charge is 0.326 e. The molecule has 0 aliphatic carbocycles. The van der Waals surface area contributed by atoms with Gasteiger partial charge in [-0.3, -0.25) is 9.59 Å². The summed E-state index contributed by atoms with van der Waals surface area (Å²) in [4.78, 5) is 28.5. The lowest BCUT2D eigenvalue weighted by Gasteiger charge is -2.11. The van der Waals surface area contributed by atoms with Crippen LogP contribution in [-0.2, 0) is 9.59 Å². The number of nitrogens with one attached hydrogen (secondary N) is 2. The molecule has 2 N–H and O–H groups in total. The Morgan fingerprint density at radius 1 is 1.04 bits per heavy atom. The van der Waals surface area contributed by atoms with Crippen LogP contribution in [0.3, 0.4) is 0 Å². The van der Waals surface area contributed by atoms with Crippen LogP contribution < -0.4 is 10.6 Å². The number of anilines is 2. The van der Waals surface area contributed by atoms with Crippen LogP contribution in [0.5, 0.6) is 0 Å². The molecular formula is C17H15N3O2S2. The van der Waals surface area contributed by atoms with Crippen molar-refractivity contribution in [1.29, 1.82) is 0 Å². The summed E-state index contributed by atoms with van der Waals surface area (Å²) in [6.07, 6.45) is 0. The molecule has 0 radical (unpaired) electrons. The topological polar surface area (TPSA) is 71.1 Å². The normalized spacial score (nSPS) is 10.4. The smallest absolute Gasteiger partial charge is 0.221 e. The van der Waals surface area contributed by atoms with Gasteiger partial charge in [0.05, 0.1) is 16.3 Å². The van der Waals surface area contributed by atoms with E-state index in [-0.39, 0.29) is 11.8 Å². The summed E-state index contributed by atoms with van der Waals surface area (Å²) in [7, 11) is 0. The van der Waals surface area contributed by atoms with Crippen molar-refractivity contribution in [3.05, 3.63) is 41.1 Å². The molecule has 0 aliphatic rings. The predicted octanol–water partition coefficient (Wildman–Crippen LogP) is 4.46. The average Bonchev–Trinajstić information content (AvgIpc) is 3.17. The number of aromatic nitrogens is 1. The molecule has 7 heteroatoms. The van der Waals surface area contributed by atoms with E-state index >= 15 is 0 Å². The van der Waals surface area contributed by atoms with E-state index in [1.165, 1.54) is 13.8 Å². The highest BCUT2D eigenvalue weighted by Crippen LogP contribution is 2.35. The zero-order valence-electron chi connectivity index (χ0n) is 13.1. The van der Waals surface area contributed by atoms with Gasteiger partial charge in [0.2, 0.25) is 11.8 Å². The van der Waals surface area contributed by atoms with Crippen molar-refractivity contribution in [3.63, 3.8) is 0 Å². The zero-order chi connectivity index (χ0) is 17.1. The molecular weight excluding hydrogens is 342 g/mol. The molecule has 0 spiro atoms. The number of nitrogens with zero attached hydrogens (tertiary/aromatic N) is 1. The molecule has 0 saturated carbocycles. The second-order valence-corrected chi connectivity index (χ2v) is 6.94. The summed E-state index contributed by atoms with van der Waals surface area (Å²) in [5.74, 6) is -0.338. The Bertz CT molecular complexity index is 885. The van der Waals surface area contributed by atoms with E-state index in [0.717, 1.165) is 21.1 Å². The first-order chi connectivity index (χ1) is 11.5. The van der Waals surface area contributed by atoms with E-state index in [2.05, 4.69) is 15.6 Å². The Morgan fingerprint density at radius 2 is 1.83 bits per heavy atom. The number of rotatable bonds is 4. The van der Waals surface area contributed by atoms with Crippen LogP contribution in [0.2, 0.25) is 0 Å². The van der Waals surface area contributed by atoms with Gasteiger partial charge in [0, 0.05) is 30.5 Å². The van der Waals surface area contributed by atoms with E-state index < -0.39 is 0 Å². The molecule has 0 unspecified atom stereocenters. The van der Waals surface area contributed by atoms with Crippen molar-refractivity contribution in [2.24, 2.45) is 0 Å². The average molecular weight is 357 g/mol.